The van der Waals surface area contributed by atoms with E-state index >= 15 is 0 Å². The second-order valence-electron chi connectivity index (χ2n) is 6.77. The lowest BCUT2D eigenvalue weighted by molar-refractivity contribution is 0.309. The van der Waals surface area contributed by atoms with Gasteiger partial charge in [-0.1, -0.05) is 13.0 Å². The standard InChI is InChI=1S/C22H27N3O3/c1-6-16-7-8-17(23-12-16)13-25(3)14-20-15(2)28-22(24-20)19-11-18(26-4)9-10-21(19)27-5/h7-12H,6,13-14H2,1-5H3. The Morgan fingerprint density at radius 1 is 1.07 bits per heavy atom. The maximum absolute atomic E-state index is 5.94. The van der Waals surface area contributed by atoms with Crippen LogP contribution in [0.4, 0.5) is 0 Å². The predicted molar refractivity (Wildman–Crippen MR) is 109 cm³/mol. The summed E-state index contributed by atoms with van der Waals surface area (Å²) >= 11 is 0. The van der Waals surface area contributed by atoms with Crippen molar-refractivity contribution in [3.8, 4) is 23.0 Å². The van der Waals surface area contributed by atoms with Gasteiger partial charge in [0.05, 0.1) is 31.2 Å². The molecule has 6 heteroatoms. The zero-order valence-electron chi connectivity index (χ0n) is 17.2. The number of aromatic nitrogens is 2. The SMILES string of the molecule is CCc1ccc(CN(C)Cc2nc(-c3cc(OC)ccc3OC)oc2C)nc1. The van der Waals surface area contributed by atoms with Crippen LogP contribution >= 0.6 is 0 Å². The molecule has 0 saturated heterocycles. The van der Waals surface area contributed by atoms with Gasteiger partial charge in [0.1, 0.15) is 17.3 Å². The largest absolute Gasteiger partial charge is 0.497 e. The summed E-state index contributed by atoms with van der Waals surface area (Å²) in [7, 11) is 5.32. The second-order valence-corrected chi connectivity index (χ2v) is 6.77. The van der Waals surface area contributed by atoms with Crippen molar-refractivity contribution >= 4 is 0 Å². The van der Waals surface area contributed by atoms with Crippen molar-refractivity contribution in [1.29, 1.82) is 0 Å². The summed E-state index contributed by atoms with van der Waals surface area (Å²) in [5, 5.41) is 0. The highest BCUT2D eigenvalue weighted by molar-refractivity contribution is 5.65. The van der Waals surface area contributed by atoms with Crippen molar-refractivity contribution < 1.29 is 13.9 Å². The number of benzene rings is 1. The average molecular weight is 381 g/mol. The Morgan fingerprint density at radius 2 is 1.89 bits per heavy atom. The molecule has 0 saturated carbocycles. The van der Waals surface area contributed by atoms with Crippen molar-refractivity contribution in [2.75, 3.05) is 21.3 Å². The predicted octanol–water partition coefficient (Wildman–Crippen LogP) is 4.26. The number of methoxy groups -OCH3 is 2. The lowest BCUT2D eigenvalue weighted by atomic mass is 10.2. The number of ether oxygens (including phenoxy) is 2. The van der Waals surface area contributed by atoms with Crippen molar-refractivity contribution in [1.82, 2.24) is 14.9 Å². The van der Waals surface area contributed by atoms with Crippen molar-refractivity contribution in [3.63, 3.8) is 0 Å². The Bertz CT molecular complexity index is 919. The van der Waals surface area contributed by atoms with Gasteiger partial charge >= 0.3 is 0 Å². The number of pyridine rings is 1. The van der Waals surface area contributed by atoms with E-state index < -0.39 is 0 Å². The van der Waals surface area contributed by atoms with Crippen LogP contribution in [0, 0.1) is 6.92 Å². The molecule has 0 aliphatic heterocycles. The highest BCUT2D eigenvalue weighted by Crippen LogP contribution is 2.34. The maximum atomic E-state index is 5.94. The van der Waals surface area contributed by atoms with Gasteiger partial charge in [0.25, 0.3) is 0 Å². The Hall–Kier alpha value is -2.86. The Balaban J connectivity index is 1.76. The molecule has 148 valence electrons. The molecule has 0 unspecified atom stereocenters. The van der Waals surface area contributed by atoms with Crippen LogP contribution in [0.15, 0.2) is 40.9 Å². The van der Waals surface area contributed by atoms with Crippen LogP contribution in [0.3, 0.4) is 0 Å². The minimum atomic E-state index is 0.530. The van der Waals surface area contributed by atoms with E-state index in [2.05, 4.69) is 36.0 Å². The van der Waals surface area contributed by atoms with Gasteiger partial charge in [-0.05, 0) is 50.2 Å². The number of hydrogen-bond acceptors (Lipinski definition) is 6. The van der Waals surface area contributed by atoms with Crippen LogP contribution in [-0.2, 0) is 19.5 Å². The molecule has 0 aliphatic carbocycles. The number of nitrogens with zero attached hydrogens (tertiary/aromatic N) is 3. The normalized spacial score (nSPS) is 11.1. The second kappa shape index (κ2) is 8.89. The smallest absolute Gasteiger partial charge is 0.230 e. The summed E-state index contributed by atoms with van der Waals surface area (Å²) in [6, 6.07) is 9.79. The van der Waals surface area contributed by atoms with Crippen LogP contribution in [0.2, 0.25) is 0 Å². The van der Waals surface area contributed by atoms with Gasteiger partial charge < -0.3 is 13.9 Å². The van der Waals surface area contributed by atoms with Gasteiger partial charge in [-0.15, -0.1) is 0 Å². The first-order valence-corrected chi connectivity index (χ1v) is 9.35. The number of hydrogen-bond donors (Lipinski definition) is 0. The quantitative estimate of drug-likeness (QED) is 0.581. The van der Waals surface area contributed by atoms with Gasteiger partial charge in [0.15, 0.2) is 0 Å². The van der Waals surface area contributed by atoms with E-state index in [1.165, 1.54) is 5.56 Å². The zero-order valence-corrected chi connectivity index (χ0v) is 17.2. The van der Waals surface area contributed by atoms with Crippen LogP contribution in [0.1, 0.15) is 29.6 Å². The third kappa shape index (κ3) is 4.51. The van der Waals surface area contributed by atoms with Crippen LogP contribution in [0.25, 0.3) is 11.5 Å². The number of oxazole rings is 1. The molecule has 3 rings (SSSR count). The molecule has 2 heterocycles. The van der Waals surface area contributed by atoms with Crippen LogP contribution < -0.4 is 9.47 Å². The van der Waals surface area contributed by atoms with Crippen molar-refractivity contribution in [2.24, 2.45) is 0 Å². The first-order valence-electron chi connectivity index (χ1n) is 9.35. The van der Waals surface area contributed by atoms with Crippen LogP contribution in [-0.4, -0.2) is 36.1 Å². The minimum Gasteiger partial charge on any atom is -0.497 e. The summed E-state index contributed by atoms with van der Waals surface area (Å²) in [6.07, 6.45) is 2.94. The van der Waals surface area contributed by atoms with Crippen LogP contribution in [0.5, 0.6) is 11.5 Å². The fourth-order valence-electron chi connectivity index (χ4n) is 3.02. The molecule has 6 nitrogen and oxygen atoms in total. The van der Waals surface area contributed by atoms with Gasteiger partial charge in [-0.3, -0.25) is 9.88 Å². The minimum absolute atomic E-state index is 0.530. The summed E-state index contributed by atoms with van der Waals surface area (Å²) in [4.78, 5) is 11.4. The topological polar surface area (TPSA) is 60.6 Å². The molecule has 0 atom stereocenters. The molecule has 28 heavy (non-hydrogen) atoms. The lowest BCUT2D eigenvalue weighted by Crippen LogP contribution is -2.18. The highest BCUT2D eigenvalue weighted by Gasteiger charge is 2.17. The van der Waals surface area contributed by atoms with Gasteiger partial charge in [-0.2, -0.15) is 0 Å². The van der Waals surface area contributed by atoms with E-state index in [1.54, 1.807) is 14.2 Å². The Kier molecular flexibility index (Phi) is 6.31. The molecule has 0 fully saturated rings. The fraction of sp³-hybridized carbons (Fsp3) is 0.364. The number of aryl methyl sites for hydroxylation is 2. The molecule has 0 bridgehead atoms. The van der Waals surface area contributed by atoms with E-state index in [-0.39, 0.29) is 0 Å². The third-order valence-electron chi connectivity index (χ3n) is 4.68. The molecule has 0 amide bonds. The molecule has 0 spiro atoms. The van der Waals surface area contributed by atoms with E-state index in [0.29, 0.717) is 18.2 Å². The fourth-order valence-corrected chi connectivity index (χ4v) is 3.02. The van der Waals surface area contributed by atoms with E-state index in [4.69, 9.17) is 18.9 Å². The first-order chi connectivity index (χ1) is 13.5. The molecular weight excluding hydrogens is 354 g/mol. The summed E-state index contributed by atoms with van der Waals surface area (Å²) < 4.78 is 16.7. The molecule has 1 aromatic carbocycles. The maximum Gasteiger partial charge on any atom is 0.230 e. The first kappa shape index (κ1) is 19.9. The Labute approximate surface area is 166 Å². The van der Waals surface area contributed by atoms with Crippen molar-refractivity contribution in [2.45, 2.75) is 33.4 Å². The Morgan fingerprint density at radius 3 is 2.54 bits per heavy atom. The zero-order chi connectivity index (χ0) is 20.1. The summed E-state index contributed by atoms with van der Waals surface area (Å²) in [6.45, 7) is 5.47. The van der Waals surface area contributed by atoms with E-state index in [1.807, 2.05) is 31.3 Å². The van der Waals surface area contributed by atoms with Crippen molar-refractivity contribution in [3.05, 3.63) is 59.2 Å². The van der Waals surface area contributed by atoms with Gasteiger partial charge in [-0.25, -0.2) is 4.98 Å². The van der Waals surface area contributed by atoms with E-state index in [9.17, 15) is 0 Å². The van der Waals surface area contributed by atoms with Gasteiger partial charge in [0, 0.05) is 19.3 Å². The molecule has 0 radical (unpaired) electrons. The molecule has 2 aromatic heterocycles. The van der Waals surface area contributed by atoms with E-state index in [0.717, 1.165) is 41.4 Å². The highest BCUT2D eigenvalue weighted by atomic mass is 16.5. The molecule has 0 N–H and O–H groups in total. The molecule has 0 aliphatic rings. The average Bonchev–Trinajstić information content (AvgIpc) is 3.08. The molecular formula is C22H27N3O3. The molecule has 3 aromatic rings. The summed E-state index contributed by atoms with van der Waals surface area (Å²) in [5.74, 6) is 2.75. The summed E-state index contributed by atoms with van der Waals surface area (Å²) in [5.41, 5.74) is 3.95. The van der Waals surface area contributed by atoms with Gasteiger partial charge in [0.2, 0.25) is 5.89 Å². The third-order valence-corrected chi connectivity index (χ3v) is 4.68. The number of rotatable bonds is 8. The lowest BCUT2D eigenvalue weighted by Gasteiger charge is -2.15. The monoisotopic (exact) mass is 381 g/mol.